The van der Waals surface area contributed by atoms with Gasteiger partial charge in [0.1, 0.15) is 24.7 Å². The molecule has 2 aromatic heterocycles. The number of rotatable bonds is 16. The molecule has 0 saturated heterocycles. The average Bonchev–Trinajstić information content (AvgIpc) is 3.27. The maximum absolute atomic E-state index is 12.7. The molecule has 2 atom stereocenters. The zero-order valence-electron chi connectivity index (χ0n) is 32.9. The number of amides is 2. The topological polar surface area (TPSA) is 183 Å². The smallest absolute Gasteiger partial charge is 0.548 e. The van der Waals surface area contributed by atoms with Gasteiger partial charge in [0.25, 0.3) is 11.8 Å². The van der Waals surface area contributed by atoms with E-state index in [1.165, 1.54) is 0 Å². The molecule has 0 aliphatic heterocycles. The van der Waals surface area contributed by atoms with Gasteiger partial charge in [0.15, 0.2) is 0 Å². The predicted molar refractivity (Wildman–Crippen MR) is 221 cm³/mol. The Morgan fingerprint density at radius 2 is 0.933 bits per heavy atom. The summed E-state index contributed by atoms with van der Waals surface area (Å²) in [6, 6.07) is 34.2. The Hall–Kier alpha value is -4.64. The zero-order chi connectivity index (χ0) is 41.3. The molecule has 0 aliphatic carbocycles. The molecule has 4 aromatic carbocycles. The number of carboxylic acids is 2. The second-order valence-corrected chi connectivity index (χ2v) is 13.2. The summed E-state index contributed by atoms with van der Waals surface area (Å²) in [5.74, 6) is -2.62. The van der Waals surface area contributed by atoms with E-state index in [-0.39, 0.29) is 70.6 Å². The van der Waals surface area contributed by atoms with E-state index < -0.39 is 35.8 Å². The summed E-state index contributed by atoms with van der Waals surface area (Å²) in [5, 5.41) is 27.2. The number of aliphatic carboxylic acids is 2. The van der Waals surface area contributed by atoms with Crippen molar-refractivity contribution in [2.24, 2.45) is 0 Å². The first-order valence-electron chi connectivity index (χ1n) is 17.8. The largest absolute Gasteiger partial charge is 1.00 e. The Kier molecular flexibility index (Phi) is 21.4. The first-order chi connectivity index (χ1) is 28.2. The molecule has 6 aromatic rings. The number of ether oxygens (including phenoxy) is 2. The summed E-state index contributed by atoms with van der Waals surface area (Å²) < 4.78 is 11.5. The molecular formula is C44H38N4Na2O8S2. The number of carbonyl (C=O) groups excluding carboxylic acids is 4. The molecule has 2 amide bonds. The quantitative estimate of drug-likeness (QED) is 0.0642. The Morgan fingerprint density at radius 1 is 0.550 bits per heavy atom. The Labute approximate surface area is 403 Å². The second kappa shape index (κ2) is 25.9. The van der Waals surface area contributed by atoms with Crippen molar-refractivity contribution in [3.05, 3.63) is 168 Å². The summed E-state index contributed by atoms with van der Waals surface area (Å²) in [6.45, 7) is 0.595. The molecule has 2 N–H and O–H groups in total. The zero-order valence-corrected chi connectivity index (χ0v) is 38.7. The third-order valence-electron chi connectivity index (χ3n) is 8.45. The van der Waals surface area contributed by atoms with E-state index in [1.807, 2.05) is 84.9 Å². The normalized spacial score (nSPS) is 11.1. The first kappa shape index (κ1) is 49.7. The molecule has 6 rings (SSSR count). The van der Waals surface area contributed by atoms with Crippen LogP contribution in [0.15, 0.2) is 146 Å². The van der Waals surface area contributed by atoms with Gasteiger partial charge in [0.2, 0.25) is 0 Å². The summed E-state index contributed by atoms with van der Waals surface area (Å²) in [4.78, 5) is 55.7. The fourth-order valence-electron chi connectivity index (χ4n) is 5.50. The van der Waals surface area contributed by atoms with E-state index in [4.69, 9.17) is 9.47 Å². The minimum atomic E-state index is -1.38. The third kappa shape index (κ3) is 14.8. The van der Waals surface area contributed by atoms with Crippen LogP contribution in [0.25, 0.3) is 22.3 Å². The fraction of sp³-hybridized carbons (Fsp3) is 0.136. The summed E-state index contributed by atoms with van der Waals surface area (Å²) in [6.07, 6.45) is 6.58. The van der Waals surface area contributed by atoms with E-state index in [1.54, 1.807) is 61.2 Å². The van der Waals surface area contributed by atoms with E-state index in [9.17, 15) is 29.4 Å². The van der Waals surface area contributed by atoms with Crippen LogP contribution in [-0.4, -0.2) is 57.3 Å². The van der Waals surface area contributed by atoms with Gasteiger partial charge in [-0.1, -0.05) is 72.8 Å². The number of carbonyl (C=O) groups is 4. The predicted octanol–water partition coefficient (Wildman–Crippen LogP) is -1.78. The molecular weight excluding hydrogens is 823 g/mol. The monoisotopic (exact) mass is 860 g/mol. The minimum absolute atomic E-state index is 0. The number of nitrogens with zero attached hydrogens (tertiary/aromatic N) is 2. The van der Waals surface area contributed by atoms with Gasteiger partial charge in [0, 0.05) is 35.0 Å². The number of carboxylic acid groups (broad SMARTS) is 2. The summed E-state index contributed by atoms with van der Waals surface area (Å²) in [5.41, 5.74) is 5.43. The molecule has 0 saturated carbocycles. The van der Waals surface area contributed by atoms with Gasteiger partial charge in [-0.15, -0.1) is 0 Å². The van der Waals surface area contributed by atoms with Gasteiger partial charge in [-0.05, 0) is 81.9 Å². The molecule has 296 valence electrons. The van der Waals surface area contributed by atoms with Crippen LogP contribution in [0.5, 0.6) is 11.5 Å². The number of pyridine rings is 2. The van der Waals surface area contributed by atoms with Gasteiger partial charge >= 0.3 is 59.1 Å². The Morgan fingerprint density at radius 3 is 1.25 bits per heavy atom. The van der Waals surface area contributed by atoms with Crippen molar-refractivity contribution in [3.8, 4) is 33.8 Å². The molecule has 60 heavy (non-hydrogen) atoms. The van der Waals surface area contributed by atoms with E-state index in [0.29, 0.717) is 47.0 Å². The molecule has 2 heterocycles. The average molecular weight is 861 g/mol. The fourth-order valence-corrected chi connectivity index (χ4v) is 5.98. The van der Waals surface area contributed by atoms with Crippen molar-refractivity contribution < 1.29 is 98.0 Å². The molecule has 0 unspecified atom stereocenters. The third-order valence-corrected chi connectivity index (χ3v) is 9.18. The van der Waals surface area contributed by atoms with Crippen molar-refractivity contribution in [1.29, 1.82) is 0 Å². The van der Waals surface area contributed by atoms with Crippen LogP contribution in [-0.2, 0) is 22.8 Å². The number of benzene rings is 4. The summed E-state index contributed by atoms with van der Waals surface area (Å²) in [7, 11) is 0. The Bertz CT molecular complexity index is 2140. The summed E-state index contributed by atoms with van der Waals surface area (Å²) >= 11 is 7.92. The second-order valence-electron chi connectivity index (χ2n) is 12.5. The standard InChI is InChI=1S/2C22H20N2O4S.2Na/c2*25-21(24-20(14-29)22(26)27)18-9-8-15(13-28-17-7-4-10-23-12-17)11-19(18)16-5-2-1-3-6-16;;/h2*1-12,20,29H,13-14H2,(H,24,25)(H,26,27);;/q;;2*+1/p-2/t2*20-;;/m00../s1. The van der Waals surface area contributed by atoms with E-state index in [2.05, 4.69) is 45.9 Å². The Balaban J connectivity index is 0.000000310. The maximum atomic E-state index is 12.7. The van der Waals surface area contributed by atoms with E-state index in [0.717, 1.165) is 22.3 Å². The SMILES string of the molecule is O=C(N[C@@H](CS)C(=O)[O-])c1ccc(COc2cccnc2)cc1-c1ccccc1.O=C(N[C@@H](CS)C(=O)[O-])c1ccc(COc2cccnc2)cc1-c1ccccc1.[Na+].[Na+]. The number of hydrogen-bond donors (Lipinski definition) is 4. The number of aromatic nitrogens is 2. The molecule has 0 radical (unpaired) electrons. The van der Waals surface area contributed by atoms with Crippen LogP contribution in [0.1, 0.15) is 31.8 Å². The van der Waals surface area contributed by atoms with Crippen LogP contribution >= 0.6 is 25.3 Å². The molecule has 16 heteroatoms. The van der Waals surface area contributed by atoms with Crippen LogP contribution in [0.2, 0.25) is 0 Å². The molecule has 0 aliphatic rings. The molecule has 12 nitrogen and oxygen atoms in total. The van der Waals surface area contributed by atoms with Crippen LogP contribution < -0.4 is 89.4 Å². The van der Waals surface area contributed by atoms with Crippen molar-refractivity contribution >= 4 is 49.0 Å². The number of nitrogens with one attached hydrogen (secondary N) is 2. The van der Waals surface area contributed by atoms with Crippen molar-refractivity contribution in [2.75, 3.05) is 11.5 Å². The number of hydrogen-bond acceptors (Lipinski definition) is 12. The van der Waals surface area contributed by atoms with Crippen LogP contribution in [0, 0.1) is 0 Å². The van der Waals surface area contributed by atoms with Crippen LogP contribution in [0.4, 0.5) is 0 Å². The van der Waals surface area contributed by atoms with E-state index >= 15 is 0 Å². The molecule has 0 fully saturated rings. The van der Waals surface area contributed by atoms with Crippen molar-refractivity contribution in [1.82, 2.24) is 20.6 Å². The van der Waals surface area contributed by atoms with Gasteiger partial charge in [0.05, 0.1) is 36.4 Å². The van der Waals surface area contributed by atoms with Crippen molar-refractivity contribution in [3.63, 3.8) is 0 Å². The maximum Gasteiger partial charge on any atom is 1.00 e. The van der Waals surface area contributed by atoms with Crippen LogP contribution in [0.3, 0.4) is 0 Å². The van der Waals surface area contributed by atoms with Gasteiger partial charge in [-0.3, -0.25) is 19.6 Å². The number of thiol groups is 2. The molecule has 0 bridgehead atoms. The van der Waals surface area contributed by atoms with Crippen molar-refractivity contribution in [2.45, 2.75) is 25.3 Å². The van der Waals surface area contributed by atoms with Gasteiger partial charge in [-0.2, -0.15) is 25.3 Å². The molecule has 0 spiro atoms. The van der Waals surface area contributed by atoms with Gasteiger partial charge < -0.3 is 39.9 Å². The van der Waals surface area contributed by atoms with Gasteiger partial charge in [-0.25, -0.2) is 0 Å². The first-order valence-corrected chi connectivity index (χ1v) is 19.1. The minimum Gasteiger partial charge on any atom is -0.548 e.